The van der Waals surface area contributed by atoms with E-state index < -0.39 is 6.04 Å². The summed E-state index contributed by atoms with van der Waals surface area (Å²) in [6.45, 7) is 3.80. The van der Waals surface area contributed by atoms with Gasteiger partial charge in [0.2, 0.25) is 5.91 Å². The lowest BCUT2D eigenvalue weighted by molar-refractivity contribution is -0.118. The Morgan fingerprint density at radius 1 is 1.35 bits per heavy atom. The Bertz CT molecular complexity index is 555. The molecule has 7 heteroatoms. The van der Waals surface area contributed by atoms with Crippen molar-refractivity contribution in [3.05, 3.63) is 30.6 Å². The van der Waals surface area contributed by atoms with Crippen molar-refractivity contribution in [2.24, 2.45) is 11.7 Å². The van der Waals surface area contributed by atoms with Gasteiger partial charge in [-0.1, -0.05) is 13.8 Å². The number of hydrogen-bond donors (Lipinski definition) is 3. The second-order valence-corrected chi connectivity index (χ2v) is 4.66. The molecule has 20 heavy (non-hydrogen) atoms. The maximum atomic E-state index is 11.8. The first-order valence-electron chi connectivity index (χ1n) is 6.10. The Labute approximate surface area is 123 Å². The van der Waals surface area contributed by atoms with Crippen LogP contribution in [0.5, 0.6) is 0 Å². The first kappa shape index (κ1) is 16.1. The number of carbonyl (C=O) groups is 1. The van der Waals surface area contributed by atoms with Gasteiger partial charge in [-0.25, -0.2) is 0 Å². The fourth-order valence-corrected chi connectivity index (χ4v) is 1.58. The van der Waals surface area contributed by atoms with Crippen molar-refractivity contribution in [2.45, 2.75) is 19.9 Å². The summed E-state index contributed by atoms with van der Waals surface area (Å²) in [4.78, 5) is 15.7. The van der Waals surface area contributed by atoms with Crippen LogP contribution in [-0.4, -0.2) is 27.1 Å². The quantitative estimate of drug-likeness (QED) is 0.801. The number of nitrogens with two attached hydrogens (primary N) is 1. The van der Waals surface area contributed by atoms with Crippen LogP contribution in [0.1, 0.15) is 13.8 Å². The van der Waals surface area contributed by atoms with E-state index in [9.17, 15) is 4.79 Å². The maximum Gasteiger partial charge on any atom is 0.242 e. The molecule has 0 spiro atoms. The predicted molar refractivity (Wildman–Crippen MR) is 80.5 cm³/mol. The molecule has 0 saturated heterocycles. The standard InChI is InChI=1S/C13H17N5O.ClH/c1-8(2)12(14)13(19)16-11-7-10(17-18-11)9-3-5-15-6-4-9;/h3-8,12H,14H2,1-2H3,(H2,16,17,18,19);1H/t12-;/m0./s1. The predicted octanol–water partition coefficient (Wildman–Crippen LogP) is 1.82. The molecule has 0 saturated carbocycles. The summed E-state index contributed by atoms with van der Waals surface area (Å²) in [7, 11) is 0. The summed E-state index contributed by atoms with van der Waals surface area (Å²) in [5, 5.41) is 9.59. The minimum atomic E-state index is -0.541. The monoisotopic (exact) mass is 295 g/mol. The first-order valence-corrected chi connectivity index (χ1v) is 6.10. The van der Waals surface area contributed by atoms with E-state index in [1.165, 1.54) is 0 Å². The van der Waals surface area contributed by atoms with Crippen LogP contribution >= 0.6 is 12.4 Å². The van der Waals surface area contributed by atoms with Crippen molar-refractivity contribution < 1.29 is 4.79 Å². The van der Waals surface area contributed by atoms with Crippen LogP contribution in [-0.2, 0) is 4.79 Å². The number of amides is 1. The lowest BCUT2D eigenvalue weighted by Crippen LogP contribution is -2.39. The fourth-order valence-electron chi connectivity index (χ4n) is 1.58. The highest BCUT2D eigenvalue weighted by atomic mass is 35.5. The number of rotatable bonds is 4. The minimum Gasteiger partial charge on any atom is -0.320 e. The average Bonchev–Trinajstić information content (AvgIpc) is 2.87. The summed E-state index contributed by atoms with van der Waals surface area (Å²) in [5.41, 5.74) is 7.54. The van der Waals surface area contributed by atoms with Crippen LogP contribution in [0.2, 0.25) is 0 Å². The zero-order valence-corrected chi connectivity index (χ0v) is 12.1. The molecule has 2 heterocycles. The molecule has 6 nitrogen and oxygen atoms in total. The van der Waals surface area contributed by atoms with Crippen LogP contribution in [0.25, 0.3) is 11.3 Å². The van der Waals surface area contributed by atoms with Crippen molar-refractivity contribution in [2.75, 3.05) is 5.32 Å². The highest BCUT2D eigenvalue weighted by Gasteiger charge is 2.18. The van der Waals surface area contributed by atoms with Gasteiger partial charge in [0.25, 0.3) is 0 Å². The smallest absolute Gasteiger partial charge is 0.242 e. The zero-order valence-electron chi connectivity index (χ0n) is 11.3. The largest absolute Gasteiger partial charge is 0.320 e. The van der Waals surface area contributed by atoms with Gasteiger partial charge in [-0.2, -0.15) is 5.10 Å². The van der Waals surface area contributed by atoms with Gasteiger partial charge in [0, 0.05) is 24.0 Å². The van der Waals surface area contributed by atoms with Gasteiger partial charge >= 0.3 is 0 Å². The summed E-state index contributed by atoms with van der Waals surface area (Å²) < 4.78 is 0. The Morgan fingerprint density at radius 2 is 2.00 bits per heavy atom. The molecule has 2 aromatic heterocycles. The van der Waals surface area contributed by atoms with Gasteiger partial charge in [0.05, 0.1) is 11.7 Å². The number of anilines is 1. The normalized spacial score (nSPS) is 11.8. The number of H-pyrrole nitrogens is 1. The molecule has 0 fully saturated rings. The lowest BCUT2D eigenvalue weighted by Gasteiger charge is -2.13. The number of halogens is 1. The highest BCUT2D eigenvalue weighted by Crippen LogP contribution is 2.18. The molecule has 1 amide bonds. The van der Waals surface area contributed by atoms with E-state index in [-0.39, 0.29) is 24.2 Å². The molecule has 1 atom stereocenters. The van der Waals surface area contributed by atoms with Gasteiger partial charge in [0.1, 0.15) is 0 Å². The lowest BCUT2D eigenvalue weighted by atomic mass is 10.1. The van der Waals surface area contributed by atoms with Crippen molar-refractivity contribution in [1.29, 1.82) is 0 Å². The number of carbonyl (C=O) groups excluding carboxylic acids is 1. The van der Waals surface area contributed by atoms with Crippen LogP contribution < -0.4 is 11.1 Å². The van der Waals surface area contributed by atoms with E-state index in [0.717, 1.165) is 11.3 Å². The third-order valence-corrected chi connectivity index (χ3v) is 2.84. The van der Waals surface area contributed by atoms with Crippen molar-refractivity contribution in [3.8, 4) is 11.3 Å². The molecule has 0 aliphatic heterocycles. The number of aromatic nitrogens is 3. The van der Waals surface area contributed by atoms with Gasteiger partial charge in [-0.3, -0.25) is 14.9 Å². The summed E-state index contributed by atoms with van der Waals surface area (Å²) in [6.07, 6.45) is 3.40. The molecular weight excluding hydrogens is 278 g/mol. The van der Waals surface area contributed by atoms with E-state index in [4.69, 9.17) is 5.73 Å². The molecule has 0 radical (unpaired) electrons. The van der Waals surface area contributed by atoms with Crippen LogP contribution in [0.15, 0.2) is 30.6 Å². The third kappa shape index (κ3) is 3.79. The SMILES string of the molecule is CC(C)[C@H](N)C(=O)Nc1cc(-c2ccncc2)[nH]n1.Cl. The number of nitrogens with zero attached hydrogens (tertiary/aromatic N) is 2. The number of hydrogen-bond acceptors (Lipinski definition) is 4. The highest BCUT2D eigenvalue weighted by molar-refractivity contribution is 5.94. The molecule has 0 bridgehead atoms. The molecular formula is C13H18ClN5O. The van der Waals surface area contributed by atoms with Crippen LogP contribution in [0.4, 0.5) is 5.82 Å². The number of pyridine rings is 1. The molecule has 0 aromatic carbocycles. The van der Waals surface area contributed by atoms with E-state index in [0.29, 0.717) is 5.82 Å². The summed E-state index contributed by atoms with van der Waals surface area (Å²) in [5.74, 6) is 0.314. The van der Waals surface area contributed by atoms with E-state index in [1.807, 2.05) is 26.0 Å². The van der Waals surface area contributed by atoms with Crippen molar-refractivity contribution >= 4 is 24.1 Å². The first-order chi connectivity index (χ1) is 9.08. The number of aromatic amines is 1. The van der Waals surface area contributed by atoms with Gasteiger partial charge < -0.3 is 11.1 Å². The molecule has 4 N–H and O–H groups in total. The molecule has 2 rings (SSSR count). The zero-order chi connectivity index (χ0) is 13.8. The molecule has 0 aliphatic rings. The second kappa shape index (κ2) is 7.02. The Kier molecular flexibility index (Phi) is 5.66. The van der Waals surface area contributed by atoms with Gasteiger partial charge in [-0.15, -0.1) is 12.4 Å². The Hall–Kier alpha value is -1.92. The van der Waals surface area contributed by atoms with Gasteiger partial charge in [-0.05, 0) is 18.1 Å². The number of nitrogens with one attached hydrogen (secondary N) is 2. The topological polar surface area (TPSA) is 96.7 Å². The summed E-state index contributed by atoms with van der Waals surface area (Å²) >= 11 is 0. The molecule has 0 unspecified atom stereocenters. The molecule has 2 aromatic rings. The minimum absolute atomic E-state index is 0. The van der Waals surface area contributed by atoms with Gasteiger partial charge in [0.15, 0.2) is 5.82 Å². The van der Waals surface area contributed by atoms with E-state index in [1.54, 1.807) is 18.5 Å². The maximum absolute atomic E-state index is 11.8. The Morgan fingerprint density at radius 3 is 2.60 bits per heavy atom. The average molecular weight is 296 g/mol. The summed E-state index contributed by atoms with van der Waals surface area (Å²) in [6, 6.07) is 4.94. The second-order valence-electron chi connectivity index (χ2n) is 4.66. The Balaban J connectivity index is 0.00000200. The molecule has 0 aliphatic carbocycles. The third-order valence-electron chi connectivity index (χ3n) is 2.84. The molecule has 108 valence electrons. The van der Waals surface area contributed by atoms with Crippen molar-refractivity contribution in [3.63, 3.8) is 0 Å². The van der Waals surface area contributed by atoms with E-state index in [2.05, 4.69) is 20.5 Å². The van der Waals surface area contributed by atoms with E-state index >= 15 is 0 Å². The fraction of sp³-hybridized carbons (Fsp3) is 0.308. The van der Waals surface area contributed by atoms with Crippen LogP contribution in [0, 0.1) is 5.92 Å². The van der Waals surface area contributed by atoms with Crippen molar-refractivity contribution in [1.82, 2.24) is 15.2 Å². The van der Waals surface area contributed by atoms with Crippen LogP contribution in [0.3, 0.4) is 0 Å².